The van der Waals surface area contributed by atoms with E-state index < -0.39 is 0 Å². The number of para-hydroxylation sites is 1. The van der Waals surface area contributed by atoms with Gasteiger partial charge < -0.3 is 10.1 Å². The lowest BCUT2D eigenvalue weighted by molar-refractivity contribution is -0.125. The number of rotatable bonds is 7. The molecule has 1 heterocycles. The monoisotopic (exact) mass is 410 g/mol. The number of hydrogen-bond acceptors (Lipinski definition) is 5. The van der Waals surface area contributed by atoms with Crippen LogP contribution in [0, 0.1) is 13.8 Å². The first kappa shape index (κ1) is 20.7. The quantitative estimate of drug-likeness (QED) is 0.707. The van der Waals surface area contributed by atoms with Crippen molar-refractivity contribution in [3.05, 3.63) is 70.1 Å². The van der Waals surface area contributed by atoms with Crippen molar-refractivity contribution >= 4 is 34.9 Å². The molecule has 0 atom stereocenters. The Labute approximate surface area is 173 Å². The van der Waals surface area contributed by atoms with Gasteiger partial charge in [0.25, 0.3) is 17.1 Å². The van der Waals surface area contributed by atoms with Crippen LogP contribution in [-0.4, -0.2) is 41.6 Å². The molecule has 0 aliphatic carbocycles. The molecule has 1 aliphatic heterocycles. The van der Waals surface area contributed by atoms with E-state index in [-0.39, 0.29) is 36.7 Å². The van der Waals surface area contributed by atoms with E-state index in [1.807, 2.05) is 56.3 Å². The topological polar surface area (TPSA) is 75.7 Å². The van der Waals surface area contributed by atoms with Crippen LogP contribution in [0.2, 0.25) is 0 Å². The second-order valence-electron chi connectivity index (χ2n) is 6.65. The van der Waals surface area contributed by atoms with Crippen molar-refractivity contribution < 1.29 is 19.1 Å². The zero-order valence-corrected chi connectivity index (χ0v) is 17.1. The van der Waals surface area contributed by atoms with Crippen molar-refractivity contribution in [3.8, 4) is 5.75 Å². The van der Waals surface area contributed by atoms with Gasteiger partial charge in [-0.2, -0.15) is 0 Å². The Morgan fingerprint density at radius 3 is 2.55 bits per heavy atom. The van der Waals surface area contributed by atoms with Crippen LogP contribution in [0.15, 0.2) is 53.4 Å². The number of nitrogens with one attached hydrogen (secondary N) is 1. The van der Waals surface area contributed by atoms with E-state index in [4.69, 9.17) is 4.74 Å². The zero-order valence-electron chi connectivity index (χ0n) is 16.3. The van der Waals surface area contributed by atoms with E-state index in [0.29, 0.717) is 10.7 Å². The molecular weight excluding hydrogens is 388 g/mol. The van der Waals surface area contributed by atoms with Gasteiger partial charge in [0.05, 0.1) is 4.91 Å². The van der Waals surface area contributed by atoms with Crippen molar-refractivity contribution in [1.29, 1.82) is 0 Å². The molecule has 0 spiro atoms. The van der Waals surface area contributed by atoms with Crippen LogP contribution in [0.25, 0.3) is 6.08 Å². The van der Waals surface area contributed by atoms with Crippen LogP contribution in [-0.2, 0) is 9.59 Å². The lowest BCUT2D eigenvalue weighted by Gasteiger charge is -2.13. The molecule has 0 saturated carbocycles. The summed E-state index contributed by atoms with van der Waals surface area (Å²) in [6.45, 7) is 4.05. The van der Waals surface area contributed by atoms with E-state index in [1.54, 1.807) is 12.1 Å². The molecule has 2 aromatic carbocycles. The van der Waals surface area contributed by atoms with Crippen LogP contribution in [0.5, 0.6) is 5.75 Å². The van der Waals surface area contributed by atoms with E-state index in [9.17, 15) is 14.4 Å². The first-order valence-electron chi connectivity index (χ1n) is 9.21. The number of aryl methyl sites for hydroxylation is 2. The molecule has 0 bridgehead atoms. The van der Waals surface area contributed by atoms with Crippen LogP contribution < -0.4 is 10.1 Å². The summed E-state index contributed by atoms with van der Waals surface area (Å²) in [7, 11) is 0. The van der Waals surface area contributed by atoms with Gasteiger partial charge in [-0.3, -0.25) is 19.3 Å². The molecule has 0 unspecified atom stereocenters. The molecule has 150 valence electrons. The fraction of sp³-hybridized carbons (Fsp3) is 0.227. The lowest BCUT2D eigenvalue weighted by Crippen LogP contribution is -2.38. The number of carbonyl (C=O) groups excluding carboxylic acids is 3. The van der Waals surface area contributed by atoms with Gasteiger partial charge in [0.1, 0.15) is 5.75 Å². The predicted octanol–water partition coefficient (Wildman–Crippen LogP) is 3.53. The van der Waals surface area contributed by atoms with Crippen LogP contribution >= 0.6 is 11.8 Å². The van der Waals surface area contributed by atoms with Crippen molar-refractivity contribution in [2.75, 3.05) is 19.7 Å². The molecular formula is C22H22N2O4S. The third kappa shape index (κ3) is 5.48. The molecule has 2 aromatic rings. The van der Waals surface area contributed by atoms with Gasteiger partial charge in [-0.15, -0.1) is 0 Å². The van der Waals surface area contributed by atoms with E-state index in [1.165, 1.54) is 0 Å². The third-order valence-corrected chi connectivity index (χ3v) is 5.27. The summed E-state index contributed by atoms with van der Waals surface area (Å²) in [4.78, 5) is 38.1. The molecule has 1 fully saturated rings. The normalized spacial score (nSPS) is 15.1. The van der Waals surface area contributed by atoms with Crippen molar-refractivity contribution in [3.63, 3.8) is 0 Å². The first-order valence-corrected chi connectivity index (χ1v) is 10.0. The average molecular weight is 410 g/mol. The Kier molecular flexibility index (Phi) is 6.72. The number of thioether (sulfide) groups is 1. The highest BCUT2D eigenvalue weighted by atomic mass is 32.2. The lowest BCUT2D eigenvalue weighted by atomic mass is 10.1. The minimum atomic E-state index is -0.342. The smallest absolute Gasteiger partial charge is 0.293 e. The van der Waals surface area contributed by atoms with E-state index >= 15 is 0 Å². The van der Waals surface area contributed by atoms with Crippen molar-refractivity contribution in [1.82, 2.24) is 10.2 Å². The van der Waals surface area contributed by atoms with Crippen molar-refractivity contribution in [2.45, 2.75) is 13.8 Å². The second-order valence-corrected chi connectivity index (χ2v) is 7.64. The molecule has 3 amide bonds. The fourth-order valence-electron chi connectivity index (χ4n) is 2.73. The molecule has 1 aliphatic rings. The van der Waals surface area contributed by atoms with Gasteiger partial charge in [0, 0.05) is 13.1 Å². The fourth-order valence-corrected chi connectivity index (χ4v) is 3.59. The van der Waals surface area contributed by atoms with Gasteiger partial charge >= 0.3 is 0 Å². The minimum absolute atomic E-state index is 0.117. The van der Waals surface area contributed by atoms with Gasteiger partial charge in [0.2, 0.25) is 0 Å². The maximum absolute atomic E-state index is 12.5. The molecule has 6 nitrogen and oxygen atoms in total. The SMILES string of the molecule is Cc1ccc(/C=C2\SC(=O)N(CCNC(=O)COc3ccccc3C)C2=O)cc1. The highest BCUT2D eigenvalue weighted by molar-refractivity contribution is 8.18. The van der Waals surface area contributed by atoms with Gasteiger partial charge in [-0.1, -0.05) is 48.0 Å². The highest BCUT2D eigenvalue weighted by Crippen LogP contribution is 2.31. The molecule has 3 rings (SSSR count). The average Bonchev–Trinajstić information content (AvgIpc) is 2.96. The Morgan fingerprint density at radius 2 is 1.83 bits per heavy atom. The summed E-state index contributed by atoms with van der Waals surface area (Å²) in [5, 5.41) is 2.34. The number of hydrogen-bond donors (Lipinski definition) is 1. The Morgan fingerprint density at radius 1 is 1.10 bits per heavy atom. The Balaban J connectivity index is 1.48. The maximum atomic E-state index is 12.5. The van der Waals surface area contributed by atoms with E-state index in [2.05, 4.69) is 5.32 Å². The molecule has 1 N–H and O–H groups in total. The van der Waals surface area contributed by atoms with Crippen LogP contribution in [0.1, 0.15) is 16.7 Å². The zero-order chi connectivity index (χ0) is 20.8. The van der Waals surface area contributed by atoms with Gasteiger partial charge in [-0.05, 0) is 48.9 Å². The number of amides is 3. The summed E-state index contributed by atoms with van der Waals surface area (Å²) in [6.07, 6.45) is 1.71. The standard InChI is InChI=1S/C22H22N2O4S/c1-15-7-9-17(10-8-15)13-19-21(26)24(22(27)29-19)12-11-23-20(25)14-28-18-6-4-3-5-16(18)2/h3-10,13H,11-12,14H2,1-2H3,(H,23,25)/b19-13-. The number of nitrogens with zero attached hydrogens (tertiary/aromatic N) is 1. The Bertz CT molecular complexity index is 954. The summed E-state index contributed by atoms with van der Waals surface area (Å²) in [5.41, 5.74) is 2.93. The highest BCUT2D eigenvalue weighted by Gasteiger charge is 2.34. The van der Waals surface area contributed by atoms with Crippen molar-refractivity contribution in [2.24, 2.45) is 0 Å². The molecule has 29 heavy (non-hydrogen) atoms. The predicted molar refractivity (Wildman–Crippen MR) is 114 cm³/mol. The molecule has 0 aromatic heterocycles. The van der Waals surface area contributed by atoms with Gasteiger partial charge in [0.15, 0.2) is 6.61 Å². The third-order valence-electron chi connectivity index (χ3n) is 4.36. The summed E-state index contributed by atoms with van der Waals surface area (Å²) >= 11 is 0.910. The molecule has 1 saturated heterocycles. The molecule has 7 heteroatoms. The van der Waals surface area contributed by atoms with Crippen LogP contribution in [0.3, 0.4) is 0 Å². The molecule has 0 radical (unpaired) electrons. The number of carbonyl (C=O) groups is 3. The summed E-state index contributed by atoms with van der Waals surface area (Å²) in [6, 6.07) is 15.1. The number of imide groups is 1. The maximum Gasteiger partial charge on any atom is 0.293 e. The first-order chi connectivity index (χ1) is 13.9. The van der Waals surface area contributed by atoms with Gasteiger partial charge in [-0.25, -0.2) is 0 Å². The largest absolute Gasteiger partial charge is 0.484 e. The Hall–Kier alpha value is -3.06. The second kappa shape index (κ2) is 9.43. The summed E-state index contributed by atoms with van der Waals surface area (Å²) < 4.78 is 5.48. The number of benzene rings is 2. The minimum Gasteiger partial charge on any atom is -0.484 e. The van der Waals surface area contributed by atoms with Crippen LogP contribution in [0.4, 0.5) is 4.79 Å². The number of ether oxygens (including phenoxy) is 1. The van der Waals surface area contributed by atoms with E-state index in [0.717, 1.165) is 33.4 Å². The summed E-state index contributed by atoms with van der Waals surface area (Å²) in [5.74, 6) is -0.00348.